The number of hydrogen-bond acceptors (Lipinski definition) is 3. The summed E-state index contributed by atoms with van der Waals surface area (Å²) in [5, 5.41) is 0. The molecule has 0 spiro atoms. The van der Waals surface area contributed by atoms with Crippen LogP contribution in [0.5, 0.6) is 5.75 Å². The highest BCUT2D eigenvalue weighted by atomic mass is 16.5. The monoisotopic (exact) mass is 226 g/mol. The van der Waals surface area contributed by atoms with Crippen LogP contribution in [0.25, 0.3) is 0 Å². The van der Waals surface area contributed by atoms with Gasteiger partial charge < -0.3 is 4.74 Å². The molecule has 0 fully saturated rings. The Bertz CT molecular complexity index is 535. The Labute approximate surface area is 101 Å². The van der Waals surface area contributed by atoms with Crippen molar-refractivity contribution in [3.8, 4) is 5.75 Å². The van der Waals surface area contributed by atoms with Crippen molar-refractivity contribution in [1.29, 1.82) is 0 Å². The quantitative estimate of drug-likeness (QED) is 0.753. The molecule has 3 nitrogen and oxygen atoms in total. The average molecular weight is 226 g/mol. The maximum atomic E-state index is 5.15. The van der Waals surface area contributed by atoms with Gasteiger partial charge in [-0.2, -0.15) is 0 Å². The molecule has 0 aliphatic carbocycles. The summed E-state index contributed by atoms with van der Waals surface area (Å²) in [5.74, 6) is 1.54. The van der Waals surface area contributed by atoms with Crippen molar-refractivity contribution in [2.75, 3.05) is 7.11 Å². The van der Waals surface area contributed by atoms with E-state index in [-0.39, 0.29) is 0 Å². The molecule has 0 atom stereocenters. The SMILES string of the molecule is COc1cccc(C=Nc2cc(C)ccn2)c1. The molecule has 86 valence electrons. The molecule has 1 aromatic heterocycles. The Morgan fingerprint density at radius 2 is 2.12 bits per heavy atom. The van der Waals surface area contributed by atoms with E-state index in [1.54, 1.807) is 19.5 Å². The molecule has 0 unspecified atom stereocenters. The highest BCUT2D eigenvalue weighted by Crippen LogP contribution is 2.13. The summed E-state index contributed by atoms with van der Waals surface area (Å²) in [4.78, 5) is 8.49. The van der Waals surface area contributed by atoms with Crippen molar-refractivity contribution in [2.45, 2.75) is 6.92 Å². The molecule has 0 aliphatic rings. The van der Waals surface area contributed by atoms with Crippen LogP contribution in [0.2, 0.25) is 0 Å². The smallest absolute Gasteiger partial charge is 0.151 e. The topological polar surface area (TPSA) is 34.5 Å². The van der Waals surface area contributed by atoms with Gasteiger partial charge in [0.1, 0.15) is 5.75 Å². The van der Waals surface area contributed by atoms with Gasteiger partial charge in [0.15, 0.2) is 5.82 Å². The molecule has 0 bridgehead atoms. The van der Waals surface area contributed by atoms with Crippen LogP contribution in [0, 0.1) is 6.92 Å². The minimum absolute atomic E-state index is 0.716. The molecule has 0 N–H and O–H groups in total. The van der Waals surface area contributed by atoms with E-state index < -0.39 is 0 Å². The fourth-order valence-corrected chi connectivity index (χ4v) is 1.45. The number of methoxy groups -OCH3 is 1. The first-order valence-electron chi connectivity index (χ1n) is 5.39. The Kier molecular flexibility index (Phi) is 3.50. The van der Waals surface area contributed by atoms with Crippen molar-refractivity contribution in [3.05, 3.63) is 53.7 Å². The first-order chi connectivity index (χ1) is 8.28. The molecule has 3 heteroatoms. The molecule has 0 aliphatic heterocycles. The predicted molar refractivity (Wildman–Crippen MR) is 69.2 cm³/mol. The van der Waals surface area contributed by atoms with E-state index >= 15 is 0 Å². The van der Waals surface area contributed by atoms with Gasteiger partial charge in [0.05, 0.1) is 7.11 Å². The number of pyridine rings is 1. The molecular formula is C14H14N2O. The predicted octanol–water partition coefficient (Wildman–Crippen LogP) is 3.15. The zero-order valence-corrected chi connectivity index (χ0v) is 9.92. The van der Waals surface area contributed by atoms with Gasteiger partial charge in [-0.05, 0) is 42.3 Å². The van der Waals surface area contributed by atoms with Gasteiger partial charge in [-0.3, -0.25) is 0 Å². The highest BCUT2D eigenvalue weighted by Gasteiger charge is 1.93. The molecule has 2 aromatic rings. The van der Waals surface area contributed by atoms with Crippen molar-refractivity contribution in [3.63, 3.8) is 0 Å². The van der Waals surface area contributed by atoms with Crippen LogP contribution in [0.1, 0.15) is 11.1 Å². The van der Waals surface area contributed by atoms with Gasteiger partial charge in [-0.15, -0.1) is 0 Å². The molecule has 0 saturated carbocycles. The van der Waals surface area contributed by atoms with E-state index in [1.807, 2.05) is 43.3 Å². The largest absolute Gasteiger partial charge is 0.497 e. The lowest BCUT2D eigenvalue weighted by atomic mass is 10.2. The number of hydrogen-bond donors (Lipinski definition) is 0. The van der Waals surface area contributed by atoms with Gasteiger partial charge in [0, 0.05) is 12.4 Å². The van der Waals surface area contributed by atoms with Gasteiger partial charge in [0.25, 0.3) is 0 Å². The lowest BCUT2D eigenvalue weighted by Gasteiger charge is -1.99. The van der Waals surface area contributed by atoms with Crippen LogP contribution < -0.4 is 4.74 Å². The Hall–Kier alpha value is -2.16. The van der Waals surface area contributed by atoms with E-state index in [1.165, 1.54) is 0 Å². The Morgan fingerprint density at radius 1 is 1.24 bits per heavy atom. The van der Waals surface area contributed by atoms with Crippen LogP contribution in [0.4, 0.5) is 5.82 Å². The summed E-state index contributed by atoms with van der Waals surface area (Å²) in [5.41, 5.74) is 2.14. The van der Waals surface area contributed by atoms with E-state index in [4.69, 9.17) is 4.74 Å². The van der Waals surface area contributed by atoms with E-state index in [0.717, 1.165) is 16.9 Å². The van der Waals surface area contributed by atoms with Gasteiger partial charge in [-0.1, -0.05) is 12.1 Å². The van der Waals surface area contributed by atoms with Crippen LogP contribution >= 0.6 is 0 Å². The fourth-order valence-electron chi connectivity index (χ4n) is 1.45. The normalized spacial score (nSPS) is 10.7. The number of benzene rings is 1. The average Bonchev–Trinajstić information content (AvgIpc) is 2.37. The molecule has 0 amide bonds. The van der Waals surface area contributed by atoms with E-state index in [2.05, 4.69) is 9.98 Å². The van der Waals surface area contributed by atoms with Crippen molar-refractivity contribution >= 4 is 12.0 Å². The second-order valence-corrected chi connectivity index (χ2v) is 3.73. The number of ether oxygens (including phenoxy) is 1. The third-order valence-corrected chi connectivity index (χ3v) is 2.34. The first-order valence-corrected chi connectivity index (χ1v) is 5.39. The maximum absolute atomic E-state index is 5.15. The minimum Gasteiger partial charge on any atom is -0.497 e. The molecule has 0 radical (unpaired) electrons. The zero-order valence-electron chi connectivity index (χ0n) is 9.92. The van der Waals surface area contributed by atoms with Crippen molar-refractivity contribution in [1.82, 2.24) is 4.98 Å². The Morgan fingerprint density at radius 3 is 2.88 bits per heavy atom. The summed E-state index contributed by atoms with van der Waals surface area (Å²) >= 11 is 0. The minimum atomic E-state index is 0.716. The third kappa shape index (κ3) is 3.14. The summed E-state index contributed by atoms with van der Waals surface area (Å²) in [6, 6.07) is 11.6. The van der Waals surface area contributed by atoms with Gasteiger partial charge in [0.2, 0.25) is 0 Å². The Balaban J connectivity index is 2.19. The summed E-state index contributed by atoms with van der Waals surface area (Å²) in [7, 11) is 1.65. The van der Waals surface area contributed by atoms with Crippen LogP contribution in [-0.2, 0) is 0 Å². The van der Waals surface area contributed by atoms with Gasteiger partial charge >= 0.3 is 0 Å². The van der Waals surface area contributed by atoms with Crippen molar-refractivity contribution < 1.29 is 4.74 Å². The van der Waals surface area contributed by atoms with Gasteiger partial charge in [-0.25, -0.2) is 9.98 Å². The van der Waals surface area contributed by atoms with Crippen molar-refractivity contribution in [2.24, 2.45) is 4.99 Å². The van der Waals surface area contributed by atoms with E-state index in [9.17, 15) is 0 Å². The maximum Gasteiger partial charge on any atom is 0.151 e. The lowest BCUT2D eigenvalue weighted by molar-refractivity contribution is 0.415. The number of aromatic nitrogens is 1. The first kappa shape index (κ1) is 11.3. The fraction of sp³-hybridized carbons (Fsp3) is 0.143. The second kappa shape index (κ2) is 5.25. The number of aliphatic imine (C=N–C) groups is 1. The highest BCUT2D eigenvalue weighted by molar-refractivity contribution is 5.82. The summed E-state index contributed by atoms with van der Waals surface area (Å²) < 4.78 is 5.15. The molecule has 17 heavy (non-hydrogen) atoms. The molecule has 1 aromatic carbocycles. The lowest BCUT2D eigenvalue weighted by Crippen LogP contribution is -1.85. The number of nitrogens with zero attached hydrogens (tertiary/aromatic N) is 2. The molecular weight excluding hydrogens is 212 g/mol. The second-order valence-electron chi connectivity index (χ2n) is 3.73. The molecule has 2 rings (SSSR count). The summed E-state index contributed by atoms with van der Waals surface area (Å²) in [6.45, 7) is 2.02. The van der Waals surface area contributed by atoms with Crippen LogP contribution in [0.15, 0.2) is 47.6 Å². The zero-order chi connectivity index (χ0) is 12.1. The van der Waals surface area contributed by atoms with E-state index in [0.29, 0.717) is 5.82 Å². The standard InChI is InChI=1S/C14H14N2O/c1-11-6-7-15-14(8-11)16-10-12-4-3-5-13(9-12)17-2/h3-10H,1-2H3. The third-order valence-electron chi connectivity index (χ3n) is 2.34. The summed E-state index contributed by atoms with van der Waals surface area (Å²) in [6.07, 6.45) is 3.54. The number of aryl methyl sites for hydroxylation is 1. The molecule has 1 heterocycles. The molecule has 0 saturated heterocycles. The van der Waals surface area contributed by atoms with Crippen LogP contribution in [0.3, 0.4) is 0 Å². The van der Waals surface area contributed by atoms with Crippen LogP contribution in [-0.4, -0.2) is 18.3 Å². The number of rotatable bonds is 3.